The van der Waals surface area contributed by atoms with E-state index in [4.69, 9.17) is 4.74 Å². The van der Waals surface area contributed by atoms with E-state index in [2.05, 4.69) is 20.7 Å². The Morgan fingerprint density at radius 2 is 2.14 bits per heavy atom. The molecule has 3 rings (SSSR count). The maximum atomic E-state index is 14.6. The van der Waals surface area contributed by atoms with Crippen molar-refractivity contribution >= 4 is 47.0 Å². The molecule has 0 aliphatic carbocycles. The SMILES string of the molecule is CCNC(=NCc1ccc(N2CCOCC2)c(F)c1)N(C)Cc1csc(C)n1.I. The van der Waals surface area contributed by atoms with Crippen molar-refractivity contribution in [2.24, 2.45) is 4.99 Å². The first-order valence-corrected chi connectivity index (χ1v) is 10.5. The summed E-state index contributed by atoms with van der Waals surface area (Å²) in [6.45, 7) is 8.63. The fraction of sp³-hybridized carbons (Fsp3) is 0.500. The highest BCUT2D eigenvalue weighted by Crippen LogP contribution is 2.22. The second-order valence-corrected chi connectivity index (χ2v) is 7.83. The van der Waals surface area contributed by atoms with Gasteiger partial charge >= 0.3 is 0 Å². The van der Waals surface area contributed by atoms with Gasteiger partial charge in [-0.1, -0.05) is 6.07 Å². The summed E-state index contributed by atoms with van der Waals surface area (Å²) in [7, 11) is 1.98. The predicted molar refractivity (Wildman–Crippen MR) is 128 cm³/mol. The van der Waals surface area contributed by atoms with E-state index in [1.54, 1.807) is 17.4 Å². The van der Waals surface area contributed by atoms with Crippen LogP contribution in [0.1, 0.15) is 23.2 Å². The number of ether oxygens (including phenoxy) is 1. The fourth-order valence-corrected chi connectivity index (χ4v) is 3.75. The third-order valence-corrected chi connectivity index (χ3v) is 5.36. The van der Waals surface area contributed by atoms with E-state index >= 15 is 0 Å². The van der Waals surface area contributed by atoms with Crippen LogP contribution in [-0.4, -0.2) is 55.7 Å². The van der Waals surface area contributed by atoms with Crippen LogP contribution in [0.15, 0.2) is 28.6 Å². The number of hydrogen-bond acceptors (Lipinski definition) is 5. The second-order valence-electron chi connectivity index (χ2n) is 6.77. The number of hydrogen-bond donors (Lipinski definition) is 1. The van der Waals surface area contributed by atoms with Crippen LogP contribution >= 0.6 is 35.3 Å². The molecule has 0 atom stereocenters. The fourth-order valence-electron chi connectivity index (χ4n) is 3.14. The van der Waals surface area contributed by atoms with Crippen molar-refractivity contribution in [1.29, 1.82) is 0 Å². The Balaban J connectivity index is 0.00000300. The van der Waals surface area contributed by atoms with E-state index in [1.165, 1.54) is 0 Å². The first kappa shape index (κ1) is 23.8. The normalized spacial score (nSPS) is 14.5. The Labute approximate surface area is 193 Å². The van der Waals surface area contributed by atoms with E-state index in [0.717, 1.165) is 41.9 Å². The molecule has 29 heavy (non-hydrogen) atoms. The number of nitrogens with one attached hydrogen (secondary N) is 1. The van der Waals surface area contributed by atoms with Gasteiger partial charge < -0.3 is 19.9 Å². The van der Waals surface area contributed by atoms with E-state index < -0.39 is 0 Å². The Morgan fingerprint density at radius 1 is 1.38 bits per heavy atom. The van der Waals surface area contributed by atoms with Crippen molar-refractivity contribution in [2.75, 3.05) is 44.8 Å². The Morgan fingerprint density at radius 3 is 2.76 bits per heavy atom. The number of anilines is 1. The number of benzene rings is 1. The molecular weight excluding hydrogens is 504 g/mol. The van der Waals surface area contributed by atoms with Gasteiger partial charge in [-0.2, -0.15) is 0 Å². The molecule has 160 valence electrons. The maximum Gasteiger partial charge on any atom is 0.194 e. The lowest BCUT2D eigenvalue weighted by Gasteiger charge is -2.29. The first-order chi connectivity index (χ1) is 13.6. The number of thiazole rings is 1. The molecule has 1 N–H and O–H groups in total. The lowest BCUT2D eigenvalue weighted by atomic mass is 10.1. The minimum atomic E-state index is -0.203. The summed E-state index contributed by atoms with van der Waals surface area (Å²) in [6.07, 6.45) is 0. The Hall–Kier alpha value is -1.46. The third kappa shape index (κ3) is 6.78. The van der Waals surface area contributed by atoms with Gasteiger partial charge in [-0.05, 0) is 31.5 Å². The number of guanidine groups is 1. The average Bonchev–Trinajstić information content (AvgIpc) is 3.10. The van der Waals surface area contributed by atoms with Crippen LogP contribution in [0.5, 0.6) is 0 Å². The molecule has 9 heteroatoms. The van der Waals surface area contributed by atoms with Crippen molar-refractivity contribution in [3.05, 3.63) is 45.7 Å². The minimum Gasteiger partial charge on any atom is -0.378 e. The van der Waals surface area contributed by atoms with Crippen LogP contribution in [-0.2, 0) is 17.8 Å². The van der Waals surface area contributed by atoms with E-state index in [1.807, 2.05) is 42.8 Å². The van der Waals surface area contributed by atoms with Gasteiger partial charge in [0.15, 0.2) is 5.96 Å². The van der Waals surface area contributed by atoms with Crippen molar-refractivity contribution in [3.8, 4) is 0 Å². The highest BCUT2D eigenvalue weighted by atomic mass is 127. The molecule has 1 aromatic heterocycles. The third-order valence-electron chi connectivity index (χ3n) is 4.54. The molecule has 0 spiro atoms. The summed E-state index contributed by atoms with van der Waals surface area (Å²) in [5, 5.41) is 6.41. The molecule has 1 aliphatic rings. The van der Waals surface area contributed by atoms with Crippen LogP contribution < -0.4 is 10.2 Å². The molecule has 0 saturated carbocycles. The summed E-state index contributed by atoms with van der Waals surface area (Å²) >= 11 is 1.64. The maximum absolute atomic E-state index is 14.6. The van der Waals surface area contributed by atoms with E-state index in [0.29, 0.717) is 32.0 Å². The number of nitrogens with zero attached hydrogens (tertiary/aromatic N) is 4. The Kier molecular flexibility index (Phi) is 9.57. The standard InChI is InChI=1S/C20H28FN5OS.HI/c1-4-22-20(25(3)13-17-14-28-15(2)24-17)23-12-16-5-6-19(18(21)11-16)26-7-9-27-10-8-26;/h5-6,11,14H,4,7-10,12-13H2,1-3H3,(H,22,23);1H. The minimum absolute atomic E-state index is 0. The number of aromatic nitrogens is 1. The van der Waals surface area contributed by atoms with Gasteiger partial charge in [0.1, 0.15) is 5.82 Å². The lowest BCUT2D eigenvalue weighted by Crippen LogP contribution is -2.38. The van der Waals surface area contributed by atoms with Gasteiger partial charge in [0.2, 0.25) is 0 Å². The second kappa shape index (κ2) is 11.7. The van der Waals surface area contributed by atoms with Crippen molar-refractivity contribution < 1.29 is 9.13 Å². The number of aliphatic imine (C=N–C) groups is 1. The van der Waals surface area contributed by atoms with Gasteiger partial charge in [-0.25, -0.2) is 14.4 Å². The monoisotopic (exact) mass is 533 g/mol. The van der Waals surface area contributed by atoms with E-state index in [-0.39, 0.29) is 29.8 Å². The predicted octanol–water partition coefficient (Wildman–Crippen LogP) is 3.64. The molecule has 0 bridgehead atoms. The molecule has 1 aromatic carbocycles. The Bertz CT molecular complexity index is 810. The molecule has 2 aromatic rings. The molecule has 6 nitrogen and oxygen atoms in total. The van der Waals surface area contributed by atoms with Gasteiger partial charge in [-0.3, -0.25) is 0 Å². The van der Waals surface area contributed by atoms with Crippen LogP contribution in [0.25, 0.3) is 0 Å². The number of halogens is 2. The van der Waals surface area contributed by atoms with Gasteiger partial charge in [-0.15, -0.1) is 35.3 Å². The van der Waals surface area contributed by atoms with Crippen molar-refractivity contribution in [2.45, 2.75) is 26.9 Å². The number of rotatable bonds is 6. The van der Waals surface area contributed by atoms with Crippen LogP contribution in [0, 0.1) is 12.7 Å². The van der Waals surface area contributed by atoms with Gasteiger partial charge in [0, 0.05) is 32.1 Å². The summed E-state index contributed by atoms with van der Waals surface area (Å²) < 4.78 is 19.9. The average molecular weight is 533 g/mol. The topological polar surface area (TPSA) is 53.0 Å². The highest BCUT2D eigenvalue weighted by Gasteiger charge is 2.15. The summed E-state index contributed by atoms with van der Waals surface area (Å²) in [6, 6.07) is 5.38. The zero-order chi connectivity index (χ0) is 19.9. The van der Waals surface area contributed by atoms with Gasteiger partial charge in [0.25, 0.3) is 0 Å². The van der Waals surface area contributed by atoms with Crippen molar-refractivity contribution in [1.82, 2.24) is 15.2 Å². The molecule has 2 heterocycles. The van der Waals surface area contributed by atoms with Crippen LogP contribution in [0.2, 0.25) is 0 Å². The van der Waals surface area contributed by atoms with Crippen LogP contribution in [0.4, 0.5) is 10.1 Å². The summed E-state index contributed by atoms with van der Waals surface area (Å²) in [5.74, 6) is 0.580. The molecule has 0 unspecified atom stereocenters. The molecule has 0 amide bonds. The quantitative estimate of drug-likeness (QED) is 0.349. The molecule has 1 fully saturated rings. The molecule has 1 aliphatic heterocycles. The summed E-state index contributed by atoms with van der Waals surface area (Å²) in [5.41, 5.74) is 2.51. The summed E-state index contributed by atoms with van der Waals surface area (Å²) in [4.78, 5) is 13.3. The van der Waals surface area contributed by atoms with Crippen molar-refractivity contribution in [3.63, 3.8) is 0 Å². The van der Waals surface area contributed by atoms with E-state index in [9.17, 15) is 4.39 Å². The zero-order valence-electron chi connectivity index (χ0n) is 17.2. The zero-order valence-corrected chi connectivity index (χ0v) is 20.3. The van der Waals surface area contributed by atoms with Crippen LogP contribution in [0.3, 0.4) is 0 Å². The lowest BCUT2D eigenvalue weighted by molar-refractivity contribution is 0.122. The largest absolute Gasteiger partial charge is 0.378 e. The van der Waals surface area contributed by atoms with Gasteiger partial charge in [0.05, 0.1) is 42.7 Å². The smallest absolute Gasteiger partial charge is 0.194 e. The molecule has 0 radical (unpaired) electrons. The molecular formula is C20H29FIN5OS. The first-order valence-electron chi connectivity index (χ1n) is 9.58. The number of morpholine rings is 1. The number of aryl methyl sites for hydroxylation is 1. The highest BCUT2D eigenvalue weighted by molar-refractivity contribution is 14.0. The molecule has 1 saturated heterocycles.